The second-order valence-electron chi connectivity index (χ2n) is 17.2. The van der Waals surface area contributed by atoms with E-state index < -0.39 is 26.5 Å². The summed E-state index contributed by atoms with van der Waals surface area (Å²) in [6.07, 6.45) is 53.8. The fraction of sp³-hybridized carbons (Fsp3) is 0.882. The summed E-state index contributed by atoms with van der Waals surface area (Å²) in [6.45, 7) is 5.52. The number of carbonyl (C=O) groups is 2. The Morgan fingerprint density at radius 3 is 1.10 bits per heavy atom. The van der Waals surface area contributed by atoms with Gasteiger partial charge in [-0.2, -0.15) is 0 Å². The topological polar surface area (TPSA) is 108 Å². The van der Waals surface area contributed by atoms with Gasteiger partial charge in [0.2, 0.25) is 0 Å². The highest BCUT2D eigenvalue weighted by molar-refractivity contribution is 7.47. The van der Waals surface area contributed by atoms with Gasteiger partial charge < -0.3 is 14.4 Å². The molecule has 60 heavy (non-hydrogen) atoms. The van der Waals surface area contributed by atoms with Crippen molar-refractivity contribution in [2.45, 2.75) is 271 Å². The van der Waals surface area contributed by atoms with Gasteiger partial charge in [-0.1, -0.05) is 205 Å². The zero-order chi connectivity index (χ0) is 43.9. The minimum absolute atomic E-state index is 0.00153. The van der Waals surface area contributed by atoms with Crippen LogP contribution in [0, 0.1) is 0 Å². The second-order valence-corrected chi connectivity index (χ2v) is 18.6. The molecule has 2 atom stereocenters. The first-order valence-electron chi connectivity index (χ1n) is 25.6. The maximum absolute atomic E-state index is 12.6. The van der Waals surface area contributed by atoms with E-state index in [1.165, 1.54) is 193 Å². The number of allylic oxidation sites excluding steroid dienone is 4. The van der Waals surface area contributed by atoms with E-state index in [1.807, 2.05) is 0 Å². The molecule has 8 nitrogen and oxygen atoms in total. The maximum Gasteiger partial charge on any atom is 0.472 e. The number of ether oxygens (including phenoxy) is 2. The minimum Gasteiger partial charge on any atom is -0.462 e. The Bertz CT molecular complexity index is 1030. The minimum atomic E-state index is -4.28. The summed E-state index contributed by atoms with van der Waals surface area (Å²) < 4.78 is 32.8. The summed E-state index contributed by atoms with van der Waals surface area (Å²) in [5.41, 5.74) is 0. The molecule has 0 spiro atoms. The number of unbranched alkanes of at least 4 members (excludes halogenated alkanes) is 32. The van der Waals surface area contributed by atoms with Crippen molar-refractivity contribution in [1.82, 2.24) is 0 Å². The van der Waals surface area contributed by atoms with Crippen molar-refractivity contribution in [3.05, 3.63) is 24.3 Å². The number of esters is 2. The van der Waals surface area contributed by atoms with Crippen molar-refractivity contribution < 1.29 is 37.6 Å². The molecule has 0 aromatic carbocycles. The van der Waals surface area contributed by atoms with Crippen LogP contribution < -0.4 is 0 Å². The predicted octanol–water partition coefficient (Wildman–Crippen LogP) is 16.6. The van der Waals surface area contributed by atoms with Gasteiger partial charge in [0, 0.05) is 12.8 Å². The molecule has 0 heterocycles. The molecule has 0 aliphatic carbocycles. The SMILES string of the molecule is CCCCCCCC/C=C\CCCCCCCCCCCC(=O)OCC(COP(=O)(O)OCC)OC(=O)CCCCCCCCCCC/C=C\CCCCCCCCCC. The molecule has 0 aliphatic rings. The maximum atomic E-state index is 12.6. The van der Waals surface area contributed by atoms with Gasteiger partial charge in [0.25, 0.3) is 0 Å². The van der Waals surface area contributed by atoms with Crippen LogP contribution in [0.5, 0.6) is 0 Å². The first-order valence-corrected chi connectivity index (χ1v) is 27.1. The van der Waals surface area contributed by atoms with Crippen LogP contribution >= 0.6 is 7.82 Å². The Morgan fingerprint density at radius 2 is 0.750 bits per heavy atom. The Morgan fingerprint density at radius 1 is 0.433 bits per heavy atom. The molecule has 0 aromatic rings. The van der Waals surface area contributed by atoms with E-state index in [9.17, 15) is 19.0 Å². The molecule has 0 aromatic heterocycles. The van der Waals surface area contributed by atoms with Crippen LogP contribution in [0.1, 0.15) is 265 Å². The number of hydrogen-bond donors (Lipinski definition) is 1. The predicted molar refractivity (Wildman–Crippen MR) is 253 cm³/mol. The lowest BCUT2D eigenvalue weighted by molar-refractivity contribution is -0.161. The van der Waals surface area contributed by atoms with Crippen LogP contribution in [-0.4, -0.2) is 42.8 Å². The van der Waals surface area contributed by atoms with E-state index in [1.54, 1.807) is 6.92 Å². The van der Waals surface area contributed by atoms with Crippen molar-refractivity contribution in [2.24, 2.45) is 0 Å². The first kappa shape index (κ1) is 58.5. The van der Waals surface area contributed by atoms with Gasteiger partial charge in [-0.25, -0.2) is 4.57 Å². The third-order valence-electron chi connectivity index (χ3n) is 11.2. The number of hydrogen-bond acceptors (Lipinski definition) is 7. The van der Waals surface area contributed by atoms with E-state index in [2.05, 4.69) is 38.2 Å². The van der Waals surface area contributed by atoms with E-state index >= 15 is 0 Å². The Hall–Kier alpha value is -1.47. The van der Waals surface area contributed by atoms with Gasteiger partial charge in [-0.3, -0.25) is 18.6 Å². The second kappa shape index (κ2) is 47.0. The molecule has 0 aliphatic heterocycles. The average Bonchev–Trinajstić information content (AvgIpc) is 3.23. The molecule has 9 heteroatoms. The van der Waals surface area contributed by atoms with Crippen molar-refractivity contribution in [2.75, 3.05) is 19.8 Å². The van der Waals surface area contributed by atoms with Gasteiger partial charge in [0.05, 0.1) is 13.2 Å². The summed E-state index contributed by atoms with van der Waals surface area (Å²) in [5.74, 6) is -0.790. The van der Waals surface area contributed by atoms with Crippen LogP contribution in [-0.2, 0) is 32.7 Å². The van der Waals surface area contributed by atoms with Gasteiger partial charge >= 0.3 is 19.8 Å². The lowest BCUT2D eigenvalue weighted by atomic mass is 10.1. The molecule has 0 bridgehead atoms. The lowest BCUT2D eigenvalue weighted by Gasteiger charge is -2.19. The van der Waals surface area contributed by atoms with E-state index in [0.717, 1.165) is 32.1 Å². The largest absolute Gasteiger partial charge is 0.472 e. The standard InChI is InChI=1S/C51H97O8P/c1-4-7-9-11-13-15-17-19-21-23-25-26-28-30-32-34-36-38-40-42-44-46-51(53)59-49(48-58-60(54,55)57-6-3)47-56-50(52)45-43-41-39-37-35-33-31-29-27-24-22-20-18-16-14-12-10-8-5-2/h20,22-23,25,49H,4-19,21,24,26-48H2,1-3H3,(H,54,55)/b22-20-,25-23-. The summed E-state index contributed by atoms with van der Waals surface area (Å²) in [6, 6.07) is 0. The van der Waals surface area contributed by atoms with Crippen LogP contribution in [0.25, 0.3) is 0 Å². The van der Waals surface area contributed by atoms with Gasteiger partial charge in [-0.15, -0.1) is 0 Å². The monoisotopic (exact) mass is 869 g/mol. The van der Waals surface area contributed by atoms with Crippen LogP contribution in [0.4, 0.5) is 0 Å². The normalized spacial score (nSPS) is 13.3. The van der Waals surface area contributed by atoms with Crippen LogP contribution in [0.15, 0.2) is 24.3 Å². The average molecular weight is 869 g/mol. The van der Waals surface area contributed by atoms with Gasteiger partial charge in [-0.05, 0) is 71.1 Å². The number of phosphoric acid groups is 1. The van der Waals surface area contributed by atoms with Crippen LogP contribution in [0.3, 0.4) is 0 Å². The smallest absolute Gasteiger partial charge is 0.462 e. The number of carbonyl (C=O) groups excluding carboxylic acids is 2. The van der Waals surface area contributed by atoms with Crippen molar-refractivity contribution >= 4 is 19.8 Å². The van der Waals surface area contributed by atoms with Crippen molar-refractivity contribution in [3.8, 4) is 0 Å². The van der Waals surface area contributed by atoms with E-state index in [0.29, 0.717) is 12.8 Å². The molecule has 354 valence electrons. The lowest BCUT2D eigenvalue weighted by Crippen LogP contribution is -2.29. The third kappa shape index (κ3) is 46.0. The zero-order valence-corrected chi connectivity index (χ0v) is 40.5. The molecule has 0 fully saturated rings. The van der Waals surface area contributed by atoms with Gasteiger partial charge in [0.15, 0.2) is 6.10 Å². The fourth-order valence-corrected chi connectivity index (χ4v) is 8.20. The fourth-order valence-electron chi connectivity index (χ4n) is 7.44. The highest BCUT2D eigenvalue weighted by atomic mass is 31.2. The molecule has 2 unspecified atom stereocenters. The summed E-state index contributed by atoms with van der Waals surface area (Å²) >= 11 is 0. The van der Waals surface area contributed by atoms with E-state index in [4.69, 9.17) is 18.5 Å². The third-order valence-corrected chi connectivity index (χ3v) is 12.3. The zero-order valence-electron chi connectivity index (χ0n) is 39.6. The molecular formula is C51H97O8P. The number of phosphoric ester groups is 1. The molecule has 0 saturated carbocycles. The number of rotatable bonds is 48. The Labute approximate surface area is 371 Å². The highest BCUT2D eigenvalue weighted by Gasteiger charge is 2.25. The highest BCUT2D eigenvalue weighted by Crippen LogP contribution is 2.43. The molecule has 0 saturated heterocycles. The molecule has 0 rings (SSSR count). The molecule has 1 N–H and O–H groups in total. The summed E-state index contributed by atoms with van der Waals surface area (Å²) in [4.78, 5) is 34.9. The Kier molecular flexibility index (Phi) is 45.9. The quantitative estimate of drug-likeness (QED) is 0.0279. The summed E-state index contributed by atoms with van der Waals surface area (Å²) in [7, 11) is -4.28. The van der Waals surface area contributed by atoms with Gasteiger partial charge in [0.1, 0.15) is 6.61 Å². The molecule has 0 amide bonds. The Balaban J connectivity index is 3.97. The van der Waals surface area contributed by atoms with Crippen molar-refractivity contribution in [3.63, 3.8) is 0 Å². The van der Waals surface area contributed by atoms with Crippen molar-refractivity contribution in [1.29, 1.82) is 0 Å². The molecule has 0 radical (unpaired) electrons. The van der Waals surface area contributed by atoms with E-state index in [-0.39, 0.29) is 25.6 Å². The summed E-state index contributed by atoms with van der Waals surface area (Å²) in [5, 5.41) is 0. The first-order chi connectivity index (χ1) is 29.3. The molecular weight excluding hydrogens is 772 g/mol. The van der Waals surface area contributed by atoms with Crippen LogP contribution in [0.2, 0.25) is 0 Å².